The topological polar surface area (TPSA) is 111 Å². The second-order valence-corrected chi connectivity index (χ2v) is 6.57. The van der Waals surface area contributed by atoms with Crippen molar-refractivity contribution in [2.45, 2.75) is 20.8 Å². The van der Waals surface area contributed by atoms with E-state index in [4.69, 9.17) is 5.73 Å². The number of carbonyl (C=O) groups is 1. The summed E-state index contributed by atoms with van der Waals surface area (Å²) in [6.45, 7) is 6.66. The van der Waals surface area contributed by atoms with Crippen LogP contribution in [0.1, 0.15) is 34.8 Å². The van der Waals surface area contributed by atoms with Gasteiger partial charge in [0.2, 0.25) is 5.78 Å². The fourth-order valence-corrected chi connectivity index (χ4v) is 2.88. The summed E-state index contributed by atoms with van der Waals surface area (Å²) in [6, 6.07) is 4.07. The molecule has 23 heavy (non-hydrogen) atoms. The zero-order chi connectivity index (χ0) is 17.1. The number of ketones is 1. The van der Waals surface area contributed by atoms with Gasteiger partial charge in [0.15, 0.2) is 5.13 Å². The molecule has 0 radical (unpaired) electrons. The Hall–Kier alpha value is -2.48. The van der Waals surface area contributed by atoms with E-state index in [9.17, 15) is 14.9 Å². The number of thiazole rings is 1. The summed E-state index contributed by atoms with van der Waals surface area (Å²) in [5.41, 5.74) is 6.16. The molecule has 2 aromatic rings. The Morgan fingerprint density at radius 1 is 1.48 bits per heavy atom. The molecule has 1 aromatic carbocycles. The number of nitrogen functional groups attached to an aromatic ring is 1. The monoisotopic (exact) mass is 334 g/mol. The number of aryl methyl sites for hydroxylation is 1. The Labute approximate surface area is 137 Å². The van der Waals surface area contributed by atoms with Crippen molar-refractivity contribution in [2.75, 3.05) is 17.6 Å². The van der Waals surface area contributed by atoms with Crippen LogP contribution in [0.5, 0.6) is 0 Å². The minimum atomic E-state index is -0.596. The van der Waals surface area contributed by atoms with Gasteiger partial charge in [-0.2, -0.15) is 0 Å². The van der Waals surface area contributed by atoms with E-state index in [-0.39, 0.29) is 22.7 Å². The van der Waals surface area contributed by atoms with E-state index in [0.29, 0.717) is 21.6 Å². The van der Waals surface area contributed by atoms with Crippen molar-refractivity contribution in [3.05, 3.63) is 44.4 Å². The summed E-state index contributed by atoms with van der Waals surface area (Å²) in [5, 5.41) is 14.8. The molecule has 0 bridgehead atoms. The number of hydrogen-bond donors (Lipinski definition) is 2. The molecule has 8 heteroatoms. The average molecular weight is 334 g/mol. The smallest absolute Gasteiger partial charge is 0.292 e. The third kappa shape index (κ3) is 3.84. The largest absolute Gasteiger partial charge is 0.393 e. The molecule has 0 atom stereocenters. The van der Waals surface area contributed by atoms with Crippen molar-refractivity contribution in [3.8, 4) is 0 Å². The van der Waals surface area contributed by atoms with E-state index in [1.165, 1.54) is 29.5 Å². The summed E-state index contributed by atoms with van der Waals surface area (Å²) >= 11 is 1.25. The van der Waals surface area contributed by atoms with Crippen molar-refractivity contribution >= 4 is 33.6 Å². The minimum absolute atomic E-state index is 0.0341. The first-order valence-corrected chi connectivity index (χ1v) is 7.91. The number of anilines is 2. The van der Waals surface area contributed by atoms with E-state index >= 15 is 0 Å². The molecule has 1 heterocycles. The van der Waals surface area contributed by atoms with Crippen LogP contribution >= 0.6 is 11.3 Å². The van der Waals surface area contributed by atoms with Gasteiger partial charge in [0.25, 0.3) is 5.69 Å². The van der Waals surface area contributed by atoms with Gasteiger partial charge in [-0.1, -0.05) is 25.2 Å². The first kappa shape index (κ1) is 16.9. The Bertz CT molecular complexity index is 755. The van der Waals surface area contributed by atoms with E-state index in [0.717, 1.165) is 6.54 Å². The van der Waals surface area contributed by atoms with E-state index < -0.39 is 4.92 Å². The van der Waals surface area contributed by atoms with Crippen LogP contribution in [-0.4, -0.2) is 22.2 Å². The highest BCUT2D eigenvalue weighted by Gasteiger charge is 2.21. The van der Waals surface area contributed by atoms with E-state index in [2.05, 4.69) is 24.1 Å². The SMILES string of the molecule is Cc1nc(NCC(C)C)sc1C(=O)c1ccc(N)c([N+](=O)[O-])c1. The first-order chi connectivity index (χ1) is 10.8. The van der Waals surface area contributed by atoms with Crippen LogP contribution in [0, 0.1) is 23.0 Å². The lowest BCUT2D eigenvalue weighted by atomic mass is 10.1. The van der Waals surface area contributed by atoms with Crippen LogP contribution < -0.4 is 11.1 Å². The van der Waals surface area contributed by atoms with Crippen LogP contribution in [0.15, 0.2) is 18.2 Å². The maximum Gasteiger partial charge on any atom is 0.292 e. The summed E-state index contributed by atoms with van der Waals surface area (Å²) in [4.78, 5) is 27.7. The van der Waals surface area contributed by atoms with Crippen molar-refractivity contribution in [3.63, 3.8) is 0 Å². The second kappa shape index (κ2) is 6.74. The summed E-state index contributed by atoms with van der Waals surface area (Å²) < 4.78 is 0. The predicted molar refractivity (Wildman–Crippen MR) is 91.1 cm³/mol. The number of nitro benzene ring substituents is 1. The number of aromatic nitrogens is 1. The Morgan fingerprint density at radius 2 is 2.17 bits per heavy atom. The standard InChI is InChI=1S/C15H18N4O3S/c1-8(2)7-17-15-18-9(3)14(23-15)13(20)10-4-5-11(16)12(6-10)19(21)22/h4-6,8H,7,16H2,1-3H3,(H,17,18). The molecule has 0 spiro atoms. The van der Waals surface area contributed by atoms with Gasteiger partial charge in [0, 0.05) is 18.2 Å². The Morgan fingerprint density at radius 3 is 2.78 bits per heavy atom. The van der Waals surface area contributed by atoms with Gasteiger partial charge in [-0.15, -0.1) is 0 Å². The first-order valence-electron chi connectivity index (χ1n) is 7.09. The van der Waals surface area contributed by atoms with Gasteiger partial charge in [-0.25, -0.2) is 4.98 Å². The summed E-state index contributed by atoms with van der Waals surface area (Å²) in [7, 11) is 0. The lowest BCUT2D eigenvalue weighted by molar-refractivity contribution is -0.383. The lowest BCUT2D eigenvalue weighted by Gasteiger charge is -2.04. The van der Waals surface area contributed by atoms with Crippen molar-refractivity contribution < 1.29 is 9.72 Å². The van der Waals surface area contributed by atoms with Crippen LogP contribution in [0.2, 0.25) is 0 Å². The maximum atomic E-state index is 12.6. The van der Waals surface area contributed by atoms with Crippen molar-refractivity contribution in [1.29, 1.82) is 0 Å². The highest BCUT2D eigenvalue weighted by atomic mass is 32.1. The van der Waals surface area contributed by atoms with E-state index in [1.807, 2.05) is 0 Å². The average Bonchev–Trinajstić information content (AvgIpc) is 2.85. The number of nitro groups is 1. The Balaban J connectivity index is 2.30. The number of hydrogen-bond acceptors (Lipinski definition) is 7. The zero-order valence-electron chi connectivity index (χ0n) is 13.1. The molecule has 7 nitrogen and oxygen atoms in total. The van der Waals surface area contributed by atoms with Gasteiger partial charge in [-0.3, -0.25) is 14.9 Å². The fraction of sp³-hybridized carbons (Fsp3) is 0.333. The third-order valence-electron chi connectivity index (χ3n) is 3.15. The lowest BCUT2D eigenvalue weighted by Crippen LogP contribution is -2.07. The Kier molecular flexibility index (Phi) is 4.95. The molecule has 2 rings (SSSR count). The molecular weight excluding hydrogens is 316 g/mol. The summed E-state index contributed by atoms with van der Waals surface area (Å²) in [5.74, 6) is 0.166. The van der Waals surface area contributed by atoms with Crippen molar-refractivity contribution in [2.24, 2.45) is 5.92 Å². The molecule has 0 aliphatic carbocycles. The molecule has 0 saturated carbocycles. The maximum absolute atomic E-state index is 12.6. The normalized spacial score (nSPS) is 10.8. The van der Waals surface area contributed by atoms with Gasteiger partial charge in [0.05, 0.1) is 15.5 Å². The molecule has 0 aliphatic rings. The molecule has 0 aliphatic heterocycles. The summed E-state index contributed by atoms with van der Waals surface area (Å²) in [6.07, 6.45) is 0. The second-order valence-electron chi connectivity index (χ2n) is 5.57. The number of nitrogens with one attached hydrogen (secondary N) is 1. The number of rotatable bonds is 6. The van der Waals surface area contributed by atoms with Gasteiger partial charge >= 0.3 is 0 Å². The molecular formula is C15H18N4O3S. The number of nitrogens with two attached hydrogens (primary N) is 1. The highest BCUT2D eigenvalue weighted by molar-refractivity contribution is 7.17. The molecule has 122 valence electrons. The third-order valence-corrected chi connectivity index (χ3v) is 4.27. The number of nitrogens with zero attached hydrogens (tertiary/aromatic N) is 2. The molecule has 3 N–H and O–H groups in total. The molecule has 0 unspecified atom stereocenters. The van der Waals surface area contributed by atoms with Gasteiger partial charge in [-0.05, 0) is 25.0 Å². The molecule has 0 fully saturated rings. The van der Waals surface area contributed by atoms with Crippen molar-refractivity contribution in [1.82, 2.24) is 4.98 Å². The predicted octanol–water partition coefficient (Wildman–Crippen LogP) is 3.24. The van der Waals surface area contributed by atoms with Gasteiger partial charge < -0.3 is 11.1 Å². The fourth-order valence-electron chi connectivity index (χ4n) is 1.95. The molecule has 0 amide bonds. The van der Waals surface area contributed by atoms with E-state index in [1.54, 1.807) is 6.92 Å². The minimum Gasteiger partial charge on any atom is -0.393 e. The van der Waals surface area contributed by atoms with Crippen LogP contribution in [0.25, 0.3) is 0 Å². The highest BCUT2D eigenvalue weighted by Crippen LogP contribution is 2.28. The molecule has 1 aromatic heterocycles. The molecule has 0 saturated heterocycles. The quantitative estimate of drug-likeness (QED) is 0.363. The van der Waals surface area contributed by atoms with Crippen LogP contribution in [0.3, 0.4) is 0 Å². The van der Waals surface area contributed by atoms with Crippen LogP contribution in [0.4, 0.5) is 16.5 Å². The van der Waals surface area contributed by atoms with Gasteiger partial charge in [0.1, 0.15) is 5.69 Å². The zero-order valence-corrected chi connectivity index (χ0v) is 13.9. The van der Waals surface area contributed by atoms with Crippen LogP contribution in [-0.2, 0) is 0 Å². The number of carbonyl (C=O) groups excluding carboxylic acids is 1. The number of benzene rings is 1.